The summed E-state index contributed by atoms with van der Waals surface area (Å²) in [5, 5.41) is 6.54. The Bertz CT molecular complexity index is 934. The zero-order chi connectivity index (χ0) is 20.1. The minimum atomic E-state index is -1.42. The van der Waals surface area contributed by atoms with Crippen molar-refractivity contribution < 1.29 is 9.59 Å². The molecule has 1 aliphatic rings. The molecule has 7 heteroatoms. The molecule has 1 aromatic heterocycles. The number of benzene rings is 1. The van der Waals surface area contributed by atoms with E-state index in [1.54, 1.807) is 31.3 Å². The summed E-state index contributed by atoms with van der Waals surface area (Å²) < 4.78 is 0. The van der Waals surface area contributed by atoms with Crippen LogP contribution in [0.5, 0.6) is 0 Å². The Morgan fingerprint density at radius 3 is 2.71 bits per heavy atom. The molecular formula is C21H23N5O2. The van der Waals surface area contributed by atoms with Crippen molar-refractivity contribution in [1.29, 1.82) is 0 Å². The third kappa shape index (κ3) is 4.05. The van der Waals surface area contributed by atoms with E-state index in [1.165, 1.54) is 0 Å². The Hall–Kier alpha value is -3.18. The van der Waals surface area contributed by atoms with E-state index < -0.39 is 11.4 Å². The molecule has 1 aromatic carbocycles. The topological polar surface area (TPSA) is 108 Å². The van der Waals surface area contributed by atoms with Gasteiger partial charge in [-0.3, -0.25) is 9.59 Å². The zero-order valence-corrected chi connectivity index (χ0v) is 16.1. The molecule has 1 saturated carbocycles. The first-order chi connectivity index (χ1) is 13.4. The molecule has 2 atom stereocenters. The van der Waals surface area contributed by atoms with Crippen LogP contribution in [0.1, 0.15) is 42.9 Å². The van der Waals surface area contributed by atoms with Crippen molar-refractivity contribution in [2.45, 2.75) is 45.1 Å². The Balaban J connectivity index is 1.82. The van der Waals surface area contributed by atoms with Crippen molar-refractivity contribution in [2.24, 2.45) is 11.0 Å². The smallest absolute Gasteiger partial charge is 0.241 e. The van der Waals surface area contributed by atoms with Crippen LogP contribution in [-0.4, -0.2) is 16.7 Å². The summed E-state index contributed by atoms with van der Waals surface area (Å²) in [6.45, 7) is 3.42. The van der Waals surface area contributed by atoms with E-state index in [-0.39, 0.29) is 5.92 Å². The lowest BCUT2D eigenvalue weighted by molar-refractivity contribution is -0.121. The van der Waals surface area contributed by atoms with Crippen LogP contribution in [0.3, 0.4) is 0 Å². The number of carbonyl (C=O) groups excluding carboxylic acids is 2. The molecule has 0 saturated heterocycles. The second-order valence-electron chi connectivity index (χ2n) is 7.34. The van der Waals surface area contributed by atoms with Crippen molar-refractivity contribution in [3.05, 3.63) is 69.7 Å². The van der Waals surface area contributed by atoms with Gasteiger partial charge in [0.1, 0.15) is 17.1 Å². The molecule has 1 fully saturated rings. The van der Waals surface area contributed by atoms with Gasteiger partial charge in [-0.25, -0.2) is 4.98 Å². The molecule has 7 nitrogen and oxygen atoms in total. The number of Topliss-reactive ketones (excluding diaryl/α,β-unsaturated/α-hetero) is 1. The van der Waals surface area contributed by atoms with Crippen molar-refractivity contribution in [2.75, 3.05) is 5.32 Å². The van der Waals surface area contributed by atoms with Crippen LogP contribution in [0.15, 0.2) is 47.7 Å². The number of ketones is 1. The molecule has 1 aliphatic carbocycles. The normalized spacial score (nSPS) is 18.2. The lowest BCUT2D eigenvalue weighted by Crippen LogP contribution is -2.36. The average molecular weight is 377 g/mol. The van der Waals surface area contributed by atoms with Gasteiger partial charge in [-0.15, -0.1) is 0 Å². The number of anilines is 1. The Morgan fingerprint density at radius 1 is 1.36 bits per heavy atom. The highest BCUT2D eigenvalue weighted by molar-refractivity contribution is 5.98. The third-order valence-corrected chi connectivity index (χ3v) is 5.36. The van der Waals surface area contributed by atoms with Crippen molar-refractivity contribution in [3.63, 3.8) is 0 Å². The monoisotopic (exact) mass is 377 g/mol. The Morgan fingerprint density at radius 2 is 2.11 bits per heavy atom. The Labute approximate surface area is 163 Å². The second-order valence-corrected chi connectivity index (χ2v) is 7.34. The van der Waals surface area contributed by atoms with Crippen molar-refractivity contribution >= 4 is 17.5 Å². The van der Waals surface area contributed by atoms with Gasteiger partial charge >= 0.3 is 0 Å². The number of pyridine rings is 1. The maximum absolute atomic E-state index is 12.9. The van der Waals surface area contributed by atoms with Crippen molar-refractivity contribution in [3.8, 4) is 0 Å². The lowest BCUT2D eigenvalue weighted by Gasteiger charge is -2.24. The Kier molecular flexibility index (Phi) is 5.76. The van der Waals surface area contributed by atoms with Crippen molar-refractivity contribution in [1.82, 2.24) is 4.98 Å². The SMILES string of the molecule is Cc1cccnc1NC(=O)C(C)(N=[N+]=[N-])c1ccc(CC2CCCC2=O)cc1. The highest BCUT2D eigenvalue weighted by Gasteiger charge is 2.35. The fourth-order valence-corrected chi connectivity index (χ4v) is 3.52. The number of nitrogens with zero attached hydrogens (tertiary/aromatic N) is 4. The minimum Gasteiger partial charge on any atom is -0.310 e. The fourth-order valence-electron chi connectivity index (χ4n) is 3.52. The maximum atomic E-state index is 12.9. The molecule has 1 heterocycles. The zero-order valence-electron chi connectivity index (χ0n) is 16.1. The maximum Gasteiger partial charge on any atom is 0.241 e. The van der Waals surface area contributed by atoms with Crippen LogP contribution in [0.25, 0.3) is 10.4 Å². The van der Waals surface area contributed by atoms with Crippen LogP contribution in [0.4, 0.5) is 5.82 Å². The quantitative estimate of drug-likeness (QED) is 0.456. The summed E-state index contributed by atoms with van der Waals surface area (Å²) in [5.74, 6) is 0.395. The largest absolute Gasteiger partial charge is 0.310 e. The van der Waals surface area contributed by atoms with Crippen LogP contribution in [0, 0.1) is 12.8 Å². The first-order valence-electron chi connectivity index (χ1n) is 9.35. The van der Waals surface area contributed by atoms with Crippen LogP contribution in [0.2, 0.25) is 0 Å². The number of carbonyl (C=O) groups is 2. The van der Waals surface area contributed by atoms with Gasteiger partial charge in [0.25, 0.3) is 0 Å². The lowest BCUT2D eigenvalue weighted by atomic mass is 9.89. The van der Waals surface area contributed by atoms with Gasteiger partial charge in [-0.1, -0.05) is 35.4 Å². The molecule has 0 spiro atoms. The summed E-state index contributed by atoms with van der Waals surface area (Å²) in [5.41, 5.74) is 10.0. The number of azide groups is 1. The standard InChI is InChI=1S/C21H23N5O2/c1-14-5-4-12-23-19(14)24-20(28)21(2,25-26-22)17-10-8-15(9-11-17)13-16-6-3-7-18(16)27/h4-5,8-12,16H,3,6-7,13H2,1-2H3,(H,23,24,28). The summed E-state index contributed by atoms with van der Waals surface area (Å²) in [7, 11) is 0. The molecule has 2 unspecified atom stereocenters. The number of nitrogens with one attached hydrogen (secondary N) is 1. The molecular weight excluding hydrogens is 354 g/mol. The van der Waals surface area contributed by atoms with E-state index in [9.17, 15) is 9.59 Å². The van der Waals surface area contributed by atoms with Crippen LogP contribution in [-0.2, 0) is 21.5 Å². The number of hydrogen-bond donors (Lipinski definition) is 1. The highest BCUT2D eigenvalue weighted by atomic mass is 16.2. The third-order valence-electron chi connectivity index (χ3n) is 5.36. The summed E-state index contributed by atoms with van der Waals surface area (Å²) in [6, 6.07) is 11.0. The molecule has 144 valence electrons. The first kappa shape index (κ1) is 19.6. The second kappa shape index (κ2) is 8.23. The molecule has 2 aromatic rings. The van der Waals surface area contributed by atoms with Gasteiger partial charge in [0.15, 0.2) is 0 Å². The van der Waals surface area contributed by atoms with Gasteiger partial charge in [0.2, 0.25) is 5.91 Å². The van der Waals surface area contributed by atoms with Gasteiger partial charge < -0.3 is 5.32 Å². The average Bonchev–Trinajstić information content (AvgIpc) is 3.09. The molecule has 0 radical (unpaired) electrons. The molecule has 0 aliphatic heterocycles. The number of rotatable bonds is 6. The summed E-state index contributed by atoms with van der Waals surface area (Å²) >= 11 is 0. The predicted octanol–water partition coefficient (Wildman–Crippen LogP) is 4.47. The van der Waals surface area contributed by atoms with Gasteiger partial charge in [0, 0.05) is 23.4 Å². The summed E-state index contributed by atoms with van der Waals surface area (Å²) in [6.07, 6.45) is 4.86. The van der Waals surface area contributed by atoms with Crippen LogP contribution >= 0.6 is 0 Å². The molecule has 1 amide bonds. The molecule has 0 bridgehead atoms. The molecule has 28 heavy (non-hydrogen) atoms. The van der Waals surface area contributed by atoms with E-state index in [4.69, 9.17) is 5.53 Å². The number of aryl methyl sites for hydroxylation is 1. The number of hydrogen-bond acceptors (Lipinski definition) is 4. The van der Waals surface area contributed by atoms with Gasteiger partial charge in [-0.2, -0.15) is 0 Å². The molecule has 1 N–H and O–H groups in total. The molecule has 3 rings (SSSR count). The fraction of sp³-hybridized carbons (Fsp3) is 0.381. The van der Waals surface area contributed by atoms with E-state index >= 15 is 0 Å². The van der Waals surface area contributed by atoms with Crippen LogP contribution < -0.4 is 5.32 Å². The summed E-state index contributed by atoms with van der Waals surface area (Å²) in [4.78, 5) is 31.8. The van der Waals surface area contributed by atoms with E-state index in [2.05, 4.69) is 20.3 Å². The highest BCUT2D eigenvalue weighted by Crippen LogP contribution is 2.30. The minimum absolute atomic E-state index is 0.0878. The predicted molar refractivity (Wildman–Crippen MR) is 107 cm³/mol. The van der Waals surface area contributed by atoms with Gasteiger partial charge in [0.05, 0.1) is 0 Å². The first-order valence-corrected chi connectivity index (χ1v) is 9.35. The number of amides is 1. The number of aromatic nitrogens is 1. The van der Waals surface area contributed by atoms with E-state index in [1.807, 2.05) is 25.1 Å². The van der Waals surface area contributed by atoms with E-state index in [0.29, 0.717) is 30.0 Å². The van der Waals surface area contributed by atoms with Gasteiger partial charge in [-0.05, 0) is 61.4 Å². The van der Waals surface area contributed by atoms with E-state index in [0.717, 1.165) is 24.0 Å².